The molecule has 174 valence electrons. The first-order chi connectivity index (χ1) is 15.0. The molecule has 0 aliphatic rings. The Morgan fingerprint density at radius 3 is 2.16 bits per heavy atom. The number of sulfonamides is 1. The predicted molar refractivity (Wildman–Crippen MR) is 122 cm³/mol. The molecule has 0 aromatic heterocycles. The van der Waals surface area contributed by atoms with E-state index in [4.69, 9.17) is 9.47 Å². The van der Waals surface area contributed by atoms with Crippen LogP contribution in [0.5, 0.6) is 5.75 Å². The van der Waals surface area contributed by atoms with Crippen molar-refractivity contribution in [1.29, 1.82) is 0 Å². The van der Waals surface area contributed by atoms with Crippen molar-refractivity contribution in [2.75, 3.05) is 18.5 Å². The van der Waals surface area contributed by atoms with Crippen LogP contribution >= 0.6 is 0 Å². The molecular formula is C23H30N2O6S. The lowest BCUT2D eigenvalue weighted by Crippen LogP contribution is -2.40. The molecule has 2 aromatic carbocycles. The first-order valence-electron chi connectivity index (χ1n) is 10.3. The smallest absolute Gasteiger partial charge is 0.338 e. The molecular weight excluding hydrogens is 432 g/mol. The van der Waals surface area contributed by atoms with Gasteiger partial charge in [0.25, 0.3) is 5.91 Å². The second kappa shape index (κ2) is 11.1. The molecule has 0 fully saturated rings. The first-order valence-corrected chi connectivity index (χ1v) is 11.8. The molecule has 0 aliphatic heterocycles. The van der Waals surface area contributed by atoms with Crippen molar-refractivity contribution in [2.24, 2.45) is 0 Å². The molecule has 0 atom stereocenters. The highest BCUT2D eigenvalue weighted by molar-refractivity contribution is 7.89. The van der Waals surface area contributed by atoms with E-state index < -0.39 is 27.4 Å². The highest BCUT2D eigenvalue weighted by Crippen LogP contribution is 2.18. The fourth-order valence-corrected chi connectivity index (χ4v) is 4.02. The number of ether oxygens (including phenoxy) is 2. The summed E-state index contributed by atoms with van der Waals surface area (Å²) in [6.07, 6.45) is 1.75. The molecule has 2 aromatic rings. The number of anilines is 1. The first kappa shape index (κ1) is 25.4. The van der Waals surface area contributed by atoms with Crippen LogP contribution in [0.1, 0.15) is 50.9 Å². The number of carbonyl (C=O) groups is 2. The fraction of sp³-hybridized carbons (Fsp3) is 0.391. The highest BCUT2D eigenvalue weighted by atomic mass is 32.2. The summed E-state index contributed by atoms with van der Waals surface area (Å²) in [5, 5.41) is 2.67. The number of rotatable bonds is 10. The van der Waals surface area contributed by atoms with Gasteiger partial charge < -0.3 is 14.8 Å². The summed E-state index contributed by atoms with van der Waals surface area (Å²) >= 11 is 0. The van der Waals surface area contributed by atoms with Crippen LogP contribution in [0.4, 0.5) is 5.69 Å². The van der Waals surface area contributed by atoms with Crippen LogP contribution in [0.2, 0.25) is 0 Å². The predicted octanol–water partition coefficient (Wildman–Crippen LogP) is 3.74. The third kappa shape index (κ3) is 8.32. The average molecular weight is 463 g/mol. The number of amides is 1. The summed E-state index contributed by atoms with van der Waals surface area (Å²) in [6, 6.07) is 12.2. The van der Waals surface area contributed by atoms with Crippen molar-refractivity contribution in [2.45, 2.75) is 51.0 Å². The van der Waals surface area contributed by atoms with Gasteiger partial charge in [0.05, 0.1) is 17.1 Å². The van der Waals surface area contributed by atoms with Gasteiger partial charge in [-0.15, -0.1) is 0 Å². The number of benzene rings is 2. The molecule has 0 bridgehead atoms. The van der Waals surface area contributed by atoms with Crippen molar-refractivity contribution in [1.82, 2.24) is 4.72 Å². The number of unbranched alkanes of at least 4 members (excludes halogenated alkanes) is 1. The van der Waals surface area contributed by atoms with Gasteiger partial charge >= 0.3 is 5.97 Å². The summed E-state index contributed by atoms with van der Waals surface area (Å²) in [5.74, 6) is -0.433. The van der Waals surface area contributed by atoms with E-state index in [1.54, 1.807) is 45.0 Å². The molecule has 0 heterocycles. The van der Waals surface area contributed by atoms with Crippen molar-refractivity contribution < 1.29 is 27.5 Å². The zero-order chi connectivity index (χ0) is 23.8. The second-order valence-corrected chi connectivity index (χ2v) is 9.91. The van der Waals surface area contributed by atoms with Gasteiger partial charge in [-0.05, 0) is 75.7 Å². The number of hydrogen-bond acceptors (Lipinski definition) is 6. The zero-order valence-electron chi connectivity index (χ0n) is 18.8. The molecule has 9 heteroatoms. The molecule has 0 spiro atoms. The monoisotopic (exact) mass is 462 g/mol. The Balaban J connectivity index is 1.86. The van der Waals surface area contributed by atoms with Gasteiger partial charge in [0.1, 0.15) is 5.75 Å². The number of esters is 1. The molecule has 2 rings (SSSR count). The Hall–Kier alpha value is -2.91. The summed E-state index contributed by atoms with van der Waals surface area (Å²) in [7, 11) is -3.64. The lowest BCUT2D eigenvalue weighted by Gasteiger charge is -2.20. The van der Waals surface area contributed by atoms with E-state index in [1.807, 2.05) is 6.92 Å². The van der Waals surface area contributed by atoms with E-state index in [0.717, 1.165) is 12.8 Å². The summed E-state index contributed by atoms with van der Waals surface area (Å²) in [6.45, 7) is 7.41. The third-order valence-corrected chi connectivity index (χ3v) is 5.85. The van der Waals surface area contributed by atoms with Crippen LogP contribution in [0.3, 0.4) is 0 Å². The lowest BCUT2D eigenvalue weighted by atomic mass is 10.1. The van der Waals surface area contributed by atoms with E-state index in [2.05, 4.69) is 10.0 Å². The molecule has 1 amide bonds. The number of hydrogen-bond donors (Lipinski definition) is 2. The van der Waals surface area contributed by atoms with Gasteiger partial charge in [-0.3, -0.25) is 4.79 Å². The van der Waals surface area contributed by atoms with Crippen LogP contribution in [-0.2, 0) is 19.6 Å². The van der Waals surface area contributed by atoms with E-state index >= 15 is 0 Å². The minimum Gasteiger partial charge on any atom is -0.484 e. The SMILES string of the molecule is CCCCOC(=O)c1ccc(NC(=O)COc2ccc(S(=O)(=O)NC(C)(C)C)cc2)cc1. The van der Waals surface area contributed by atoms with Crippen LogP contribution in [0, 0.1) is 0 Å². The fourth-order valence-electron chi connectivity index (χ4n) is 2.61. The maximum atomic E-state index is 12.3. The topological polar surface area (TPSA) is 111 Å². The van der Waals surface area contributed by atoms with Crippen LogP contribution < -0.4 is 14.8 Å². The summed E-state index contributed by atoms with van der Waals surface area (Å²) < 4.78 is 37.8. The van der Waals surface area contributed by atoms with E-state index in [1.165, 1.54) is 24.3 Å². The minimum atomic E-state index is -3.64. The van der Waals surface area contributed by atoms with Crippen molar-refractivity contribution in [3.05, 3.63) is 54.1 Å². The summed E-state index contributed by atoms with van der Waals surface area (Å²) in [5.41, 5.74) is 0.324. The largest absolute Gasteiger partial charge is 0.484 e. The Morgan fingerprint density at radius 2 is 1.59 bits per heavy atom. The van der Waals surface area contributed by atoms with E-state index in [-0.39, 0.29) is 11.5 Å². The Morgan fingerprint density at radius 1 is 0.969 bits per heavy atom. The maximum absolute atomic E-state index is 12.3. The quantitative estimate of drug-likeness (QED) is 0.411. The zero-order valence-corrected chi connectivity index (χ0v) is 19.6. The highest BCUT2D eigenvalue weighted by Gasteiger charge is 2.21. The molecule has 32 heavy (non-hydrogen) atoms. The van der Waals surface area contributed by atoms with Gasteiger partial charge in [-0.1, -0.05) is 13.3 Å². The Labute approximate surface area is 189 Å². The van der Waals surface area contributed by atoms with Gasteiger partial charge in [0, 0.05) is 11.2 Å². The second-order valence-electron chi connectivity index (χ2n) is 8.23. The molecule has 0 radical (unpaired) electrons. The van der Waals surface area contributed by atoms with Crippen LogP contribution in [0.15, 0.2) is 53.4 Å². The van der Waals surface area contributed by atoms with Gasteiger partial charge in [-0.2, -0.15) is 0 Å². The van der Waals surface area contributed by atoms with Crippen LogP contribution in [0.25, 0.3) is 0 Å². The standard InChI is InChI=1S/C23H30N2O6S/c1-5-6-15-30-22(27)17-7-9-18(10-8-17)24-21(26)16-31-19-11-13-20(14-12-19)32(28,29)25-23(2,3)4/h7-14,25H,5-6,15-16H2,1-4H3,(H,24,26). The number of nitrogens with one attached hydrogen (secondary N) is 2. The minimum absolute atomic E-state index is 0.109. The molecule has 0 saturated heterocycles. The normalized spacial score (nSPS) is 11.6. The molecule has 0 unspecified atom stereocenters. The van der Waals surface area contributed by atoms with Crippen molar-refractivity contribution in [3.63, 3.8) is 0 Å². The Bertz CT molecular complexity index is 1010. The third-order valence-electron chi connectivity index (χ3n) is 4.08. The maximum Gasteiger partial charge on any atom is 0.338 e. The lowest BCUT2D eigenvalue weighted by molar-refractivity contribution is -0.118. The van der Waals surface area contributed by atoms with E-state index in [9.17, 15) is 18.0 Å². The van der Waals surface area contributed by atoms with Crippen LogP contribution in [-0.4, -0.2) is 39.0 Å². The van der Waals surface area contributed by atoms with Gasteiger partial charge in [-0.25, -0.2) is 17.9 Å². The van der Waals surface area contributed by atoms with E-state index in [0.29, 0.717) is 23.6 Å². The van der Waals surface area contributed by atoms with Gasteiger partial charge in [0.2, 0.25) is 10.0 Å². The van der Waals surface area contributed by atoms with Gasteiger partial charge in [0.15, 0.2) is 6.61 Å². The molecule has 0 saturated carbocycles. The average Bonchev–Trinajstić information content (AvgIpc) is 2.71. The molecule has 2 N–H and O–H groups in total. The number of carbonyl (C=O) groups excluding carboxylic acids is 2. The van der Waals surface area contributed by atoms with Crippen molar-refractivity contribution >= 4 is 27.6 Å². The molecule has 8 nitrogen and oxygen atoms in total. The van der Waals surface area contributed by atoms with Crippen molar-refractivity contribution in [3.8, 4) is 5.75 Å². The molecule has 0 aliphatic carbocycles. The Kier molecular flexibility index (Phi) is 8.80. The summed E-state index contributed by atoms with van der Waals surface area (Å²) in [4.78, 5) is 24.1.